The molecule has 0 saturated heterocycles. The normalized spacial score (nSPS) is 10.4. The van der Waals surface area contributed by atoms with E-state index in [-0.39, 0.29) is 5.91 Å². The van der Waals surface area contributed by atoms with Crippen molar-refractivity contribution in [3.8, 4) is 0 Å². The van der Waals surface area contributed by atoms with Crippen molar-refractivity contribution in [1.82, 2.24) is 4.98 Å². The predicted molar refractivity (Wildman–Crippen MR) is 69.1 cm³/mol. The maximum Gasteiger partial charge on any atom is 0.219 e. The van der Waals surface area contributed by atoms with Gasteiger partial charge in [0.25, 0.3) is 0 Å². The molecule has 5 heteroatoms. The van der Waals surface area contributed by atoms with E-state index in [1.54, 1.807) is 6.20 Å². The zero-order valence-corrected chi connectivity index (χ0v) is 9.87. The van der Waals surface area contributed by atoms with E-state index in [9.17, 15) is 4.79 Å². The topological polar surface area (TPSA) is 68.0 Å². The molecule has 2 aromatic rings. The summed E-state index contributed by atoms with van der Waals surface area (Å²) >= 11 is 5.87. The largest absolute Gasteiger partial charge is 0.383 e. The van der Waals surface area contributed by atoms with Crippen LogP contribution in [0.2, 0.25) is 5.02 Å². The fourth-order valence-electron chi connectivity index (χ4n) is 1.60. The number of pyridine rings is 1. The van der Waals surface area contributed by atoms with Crippen LogP contribution in [0.1, 0.15) is 6.42 Å². The van der Waals surface area contributed by atoms with Crippen LogP contribution in [-0.4, -0.2) is 17.4 Å². The Kier molecular flexibility index (Phi) is 3.44. The van der Waals surface area contributed by atoms with Gasteiger partial charge in [0.2, 0.25) is 5.91 Å². The van der Waals surface area contributed by atoms with Crippen molar-refractivity contribution in [2.24, 2.45) is 5.73 Å². The molecular formula is C12H12ClN3O. The van der Waals surface area contributed by atoms with E-state index < -0.39 is 0 Å². The summed E-state index contributed by atoms with van der Waals surface area (Å²) in [7, 11) is 0. The van der Waals surface area contributed by atoms with Crippen LogP contribution in [0.25, 0.3) is 10.9 Å². The maximum absolute atomic E-state index is 10.6. The van der Waals surface area contributed by atoms with Gasteiger partial charge in [-0.2, -0.15) is 0 Å². The summed E-state index contributed by atoms with van der Waals surface area (Å²) in [4.78, 5) is 14.9. The number of nitrogens with two attached hydrogens (primary N) is 1. The summed E-state index contributed by atoms with van der Waals surface area (Å²) in [6, 6.07) is 7.60. The van der Waals surface area contributed by atoms with Gasteiger partial charge in [0.1, 0.15) is 0 Å². The number of carbonyl (C=O) groups is 1. The van der Waals surface area contributed by atoms with Gasteiger partial charge in [-0.1, -0.05) is 23.7 Å². The molecule has 0 fully saturated rings. The highest BCUT2D eigenvalue weighted by Crippen LogP contribution is 2.23. The Balaban J connectivity index is 2.25. The fraction of sp³-hybridized carbons (Fsp3) is 0.167. The molecule has 2 rings (SSSR count). The first-order valence-corrected chi connectivity index (χ1v) is 5.61. The molecule has 1 heterocycles. The van der Waals surface area contributed by atoms with Gasteiger partial charge in [0.05, 0.1) is 16.2 Å². The van der Waals surface area contributed by atoms with Crippen molar-refractivity contribution in [2.75, 3.05) is 11.9 Å². The molecule has 0 atom stereocenters. The van der Waals surface area contributed by atoms with Crippen molar-refractivity contribution in [3.63, 3.8) is 0 Å². The standard InChI is InChI=1S/C12H12ClN3O/c13-9-6-8-2-1-3-10(12(8)16-7-9)15-5-4-11(14)17/h1-3,6-7,15H,4-5H2,(H2,14,17). The Labute approximate surface area is 104 Å². The fourth-order valence-corrected chi connectivity index (χ4v) is 1.76. The van der Waals surface area contributed by atoms with Crippen LogP contribution in [0, 0.1) is 0 Å². The third kappa shape index (κ3) is 2.85. The van der Waals surface area contributed by atoms with Crippen molar-refractivity contribution in [2.45, 2.75) is 6.42 Å². The van der Waals surface area contributed by atoms with Gasteiger partial charge < -0.3 is 11.1 Å². The van der Waals surface area contributed by atoms with Gasteiger partial charge in [-0.25, -0.2) is 0 Å². The number of amides is 1. The molecule has 0 aliphatic rings. The molecule has 1 aromatic carbocycles. The van der Waals surface area contributed by atoms with Gasteiger partial charge in [0.15, 0.2) is 0 Å². The molecule has 17 heavy (non-hydrogen) atoms. The third-order valence-corrected chi connectivity index (χ3v) is 2.57. The second-order valence-corrected chi connectivity index (χ2v) is 4.11. The molecule has 4 nitrogen and oxygen atoms in total. The van der Waals surface area contributed by atoms with Crippen LogP contribution < -0.4 is 11.1 Å². The minimum absolute atomic E-state index is 0.296. The zero-order chi connectivity index (χ0) is 12.3. The maximum atomic E-state index is 10.6. The lowest BCUT2D eigenvalue weighted by atomic mass is 10.2. The van der Waals surface area contributed by atoms with Gasteiger partial charge >= 0.3 is 0 Å². The van der Waals surface area contributed by atoms with Crippen LogP contribution in [0.15, 0.2) is 30.5 Å². The number of aromatic nitrogens is 1. The highest BCUT2D eigenvalue weighted by atomic mass is 35.5. The lowest BCUT2D eigenvalue weighted by Crippen LogP contribution is -2.15. The number of halogens is 1. The average Bonchev–Trinajstić information content (AvgIpc) is 2.28. The Hall–Kier alpha value is -1.81. The first-order valence-electron chi connectivity index (χ1n) is 5.23. The predicted octanol–water partition coefficient (Wildman–Crippen LogP) is 2.18. The van der Waals surface area contributed by atoms with E-state index >= 15 is 0 Å². The Bertz CT molecular complexity index is 556. The molecular weight excluding hydrogens is 238 g/mol. The number of nitrogens with zero attached hydrogens (tertiary/aromatic N) is 1. The number of anilines is 1. The Morgan fingerprint density at radius 1 is 1.47 bits per heavy atom. The van der Waals surface area contributed by atoms with Crippen molar-refractivity contribution < 1.29 is 4.79 Å². The number of hydrogen-bond acceptors (Lipinski definition) is 3. The SMILES string of the molecule is NC(=O)CCNc1cccc2cc(Cl)cnc12. The first-order chi connectivity index (χ1) is 8.16. The molecule has 0 spiro atoms. The smallest absolute Gasteiger partial charge is 0.219 e. The van der Waals surface area contributed by atoms with E-state index in [1.807, 2.05) is 24.3 Å². The summed E-state index contributed by atoms with van der Waals surface area (Å²) in [5, 5.41) is 4.70. The van der Waals surface area contributed by atoms with E-state index in [1.165, 1.54) is 0 Å². The number of nitrogens with one attached hydrogen (secondary N) is 1. The lowest BCUT2D eigenvalue weighted by Gasteiger charge is -2.08. The molecule has 88 valence electrons. The number of benzene rings is 1. The highest BCUT2D eigenvalue weighted by molar-refractivity contribution is 6.31. The second kappa shape index (κ2) is 5.01. The quantitative estimate of drug-likeness (QED) is 0.873. The zero-order valence-electron chi connectivity index (χ0n) is 9.11. The van der Waals surface area contributed by atoms with E-state index in [0.29, 0.717) is 18.0 Å². The number of carbonyl (C=O) groups excluding carboxylic acids is 1. The third-order valence-electron chi connectivity index (χ3n) is 2.36. The molecule has 1 aromatic heterocycles. The summed E-state index contributed by atoms with van der Waals surface area (Å²) in [6.07, 6.45) is 1.90. The van der Waals surface area contributed by atoms with Crippen LogP contribution in [-0.2, 0) is 4.79 Å². The molecule has 0 radical (unpaired) electrons. The van der Waals surface area contributed by atoms with E-state index in [0.717, 1.165) is 16.6 Å². The molecule has 1 amide bonds. The monoisotopic (exact) mass is 249 g/mol. The highest BCUT2D eigenvalue weighted by Gasteiger charge is 2.02. The minimum Gasteiger partial charge on any atom is -0.383 e. The van der Waals surface area contributed by atoms with E-state index in [4.69, 9.17) is 17.3 Å². The first kappa shape index (κ1) is 11.7. The van der Waals surface area contributed by atoms with Crippen LogP contribution in [0.4, 0.5) is 5.69 Å². The number of fused-ring (bicyclic) bond motifs is 1. The molecule has 0 aliphatic heterocycles. The molecule has 3 N–H and O–H groups in total. The van der Waals surface area contributed by atoms with Gasteiger partial charge in [-0.3, -0.25) is 9.78 Å². The van der Waals surface area contributed by atoms with Gasteiger partial charge in [0, 0.05) is 24.5 Å². The van der Waals surface area contributed by atoms with Crippen molar-refractivity contribution in [3.05, 3.63) is 35.5 Å². The molecule has 0 bridgehead atoms. The van der Waals surface area contributed by atoms with Crippen molar-refractivity contribution in [1.29, 1.82) is 0 Å². The number of para-hydroxylation sites is 1. The number of rotatable bonds is 4. The lowest BCUT2D eigenvalue weighted by molar-refractivity contribution is -0.117. The Morgan fingerprint density at radius 3 is 3.06 bits per heavy atom. The van der Waals surface area contributed by atoms with Gasteiger partial charge in [-0.05, 0) is 12.1 Å². The van der Waals surface area contributed by atoms with E-state index in [2.05, 4.69) is 10.3 Å². The summed E-state index contributed by atoms with van der Waals surface area (Å²) in [6.45, 7) is 0.499. The molecule has 0 aliphatic carbocycles. The second-order valence-electron chi connectivity index (χ2n) is 3.67. The van der Waals surface area contributed by atoms with Crippen LogP contribution in [0.3, 0.4) is 0 Å². The van der Waals surface area contributed by atoms with Gasteiger partial charge in [-0.15, -0.1) is 0 Å². The number of hydrogen-bond donors (Lipinski definition) is 2. The van der Waals surface area contributed by atoms with Crippen molar-refractivity contribution >= 4 is 34.1 Å². The molecule has 0 saturated carbocycles. The summed E-state index contributed by atoms with van der Waals surface area (Å²) < 4.78 is 0. The summed E-state index contributed by atoms with van der Waals surface area (Å²) in [5.74, 6) is -0.325. The number of primary amides is 1. The Morgan fingerprint density at radius 2 is 2.29 bits per heavy atom. The summed E-state index contributed by atoms with van der Waals surface area (Å²) in [5.41, 5.74) is 6.79. The van der Waals surface area contributed by atoms with Crippen LogP contribution in [0.5, 0.6) is 0 Å². The average molecular weight is 250 g/mol. The minimum atomic E-state index is -0.325. The van der Waals surface area contributed by atoms with Crippen LogP contribution >= 0.6 is 11.6 Å². The molecule has 0 unspecified atom stereocenters.